The lowest BCUT2D eigenvalue weighted by Crippen LogP contribution is -2.49. The molecule has 2 unspecified atom stereocenters. The summed E-state index contributed by atoms with van der Waals surface area (Å²) in [6, 6.07) is 0. The van der Waals surface area contributed by atoms with Crippen molar-refractivity contribution < 1.29 is 0 Å². The highest BCUT2D eigenvalue weighted by Crippen LogP contribution is 2.03. The summed E-state index contributed by atoms with van der Waals surface area (Å²) in [5.41, 5.74) is 0. The van der Waals surface area contributed by atoms with Crippen LogP contribution in [0.1, 0.15) is 0 Å². The summed E-state index contributed by atoms with van der Waals surface area (Å²) >= 11 is 5.81. The van der Waals surface area contributed by atoms with Gasteiger partial charge >= 0.3 is 0 Å². The van der Waals surface area contributed by atoms with Crippen LogP contribution in [0.2, 0.25) is 0 Å². The van der Waals surface area contributed by atoms with Crippen LogP contribution < -0.4 is 10.6 Å². The summed E-state index contributed by atoms with van der Waals surface area (Å²) in [4.78, 5) is 0.466. The zero-order chi connectivity index (χ0) is 5.98. The minimum Gasteiger partial charge on any atom is -0.302 e. The molecule has 48 valence electrons. The molecule has 0 aromatic carbocycles. The molecule has 1 fully saturated rings. The van der Waals surface area contributed by atoms with Gasteiger partial charge in [-0.1, -0.05) is 38.5 Å². The van der Waals surface area contributed by atoms with Gasteiger partial charge in [0.25, 0.3) is 0 Å². The number of piperazine rings is 1. The quantitative estimate of drug-likeness (QED) is 0.389. The van der Waals surface area contributed by atoms with E-state index in [4.69, 9.17) is 0 Å². The Morgan fingerprint density at radius 3 is 2.50 bits per heavy atom. The summed E-state index contributed by atoms with van der Waals surface area (Å²) in [5.74, 6) is 0. The Labute approximate surface area is 71.1 Å². The first kappa shape index (κ1) is 7.24. The molecular weight excluding hydrogens is 283 g/mol. The molecule has 0 radical (unpaired) electrons. The van der Waals surface area contributed by atoms with Gasteiger partial charge in [-0.05, 0) is 0 Å². The van der Waals surface area contributed by atoms with Crippen molar-refractivity contribution >= 4 is 38.5 Å². The average molecular weight is 291 g/mol. The Bertz CT molecular complexity index is 62.4. The van der Waals surface area contributed by atoms with Crippen LogP contribution in [0, 0.1) is 0 Å². The maximum Gasteiger partial charge on any atom is 0.0758 e. The molecule has 8 heavy (non-hydrogen) atoms. The highest BCUT2D eigenvalue weighted by Gasteiger charge is 2.13. The van der Waals surface area contributed by atoms with Crippen molar-refractivity contribution in [2.24, 2.45) is 0 Å². The molecule has 0 spiro atoms. The molecule has 1 aliphatic heterocycles. The Morgan fingerprint density at radius 2 is 2.12 bits per heavy atom. The molecular formula is C4H8BrIN2. The maximum atomic E-state index is 3.44. The number of halogens is 2. The summed E-state index contributed by atoms with van der Waals surface area (Å²) in [6.07, 6.45) is 0. The molecule has 2 N–H and O–H groups in total. The molecule has 0 amide bonds. The molecule has 1 saturated heterocycles. The zero-order valence-corrected chi connectivity index (χ0v) is 8.07. The Kier molecular flexibility index (Phi) is 3.02. The predicted octanol–water partition coefficient (Wildman–Crippen LogP) is 0.661. The van der Waals surface area contributed by atoms with Crippen molar-refractivity contribution in [1.29, 1.82) is 0 Å². The SMILES string of the molecule is BrC1CNC(I)CN1. The fourth-order valence-electron chi connectivity index (χ4n) is 0.607. The fraction of sp³-hybridized carbons (Fsp3) is 1.00. The van der Waals surface area contributed by atoms with Crippen LogP contribution >= 0.6 is 38.5 Å². The first-order valence-corrected chi connectivity index (χ1v) is 4.70. The summed E-state index contributed by atoms with van der Waals surface area (Å²) < 4.78 is 0.599. The lowest BCUT2D eigenvalue weighted by molar-refractivity contribution is 0.499. The number of hydrogen-bond donors (Lipinski definition) is 2. The van der Waals surface area contributed by atoms with E-state index < -0.39 is 0 Å². The predicted molar refractivity (Wildman–Crippen MR) is 46.5 cm³/mol. The van der Waals surface area contributed by atoms with Crippen LogP contribution in [0.3, 0.4) is 0 Å². The van der Waals surface area contributed by atoms with E-state index in [1.54, 1.807) is 0 Å². The van der Waals surface area contributed by atoms with E-state index in [2.05, 4.69) is 49.2 Å². The third kappa shape index (κ3) is 2.16. The van der Waals surface area contributed by atoms with Crippen LogP contribution in [-0.4, -0.2) is 22.1 Å². The number of rotatable bonds is 0. The van der Waals surface area contributed by atoms with E-state index >= 15 is 0 Å². The molecule has 0 aromatic rings. The highest BCUT2D eigenvalue weighted by molar-refractivity contribution is 14.1. The lowest BCUT2D eigenvalue weighted by Gasteiger charge is -2.23. The molecule has 1 heterocycles. The van der Waals surface area contributed by atoms with Gasteiger partial charge in [-0.15, -0.1) is 0 Å². The van der Waals surface area contributed by atoms with Crippen LogP contribution in [0.5, 0.6) is 0 Å². The number of alkyl halides is 2. The molecule has 0 aliphatic carbocycles. The van der Waals surface area contributed by atoms with Crippen molar-refractivity contribution in [3.63, 3.8) is 0 Å². The first-order valence-electron chi connectivity index (χ1n) is 2.54. The van der Waals surface area contributed by atoms with Gasteiger partial charge in [0.2, 0.25) is 0 Å². The molecule has 1 aliphatic rings. The van der Waals surface area contributed by atoms with Gasteiger partial charge in [-0.25, -0.2) is 0 Å². The first-order chi connectivity index (χ1) is 3.79. The average Bonchev–Trinajstić information content (AvgIpc) is 1.77. The third-order valence-electron chi connectivity index (χ3n) is 1.04. The lowest BCUT2D eigenvalue weighted by atomic mass is 10.4. The zero-order valence-electron chi connectivity index (χ0n) is 4.32. The maximum absolute atomic E-state index is 3.44. The standard InChI is InChI=1S/C4H8BrIN2/c5-3-1-8-4(6)2-7-3/h3-4,7-8H,1-2H2. The van der Waals surface area contributed by atoms with Gasteiger partial charge < -0.3 is 10.6 Å². The monoisotopic (exact) mass is 290 g/mol. The Hall–Kier alpha value is 1.13. The number of nitrogens with one attached hydrogen (secondary N) is 2. The Morgan fingerprint density at radius 1 is 1.38 bits per heavy atom. The van der Waals surface area contributed by atoms with E-state index in [9.17, 15) is 0 Å². The van der Waals surface area contributed by atoms with Crippen LogP contribution in [0.25, 0.3) is 0 Å². The molecule has 1 rings (SSSR count). The second-order valence-electron chi connectivity index (χ2n) is 1.75. The van der Waals surface area contributed by atoms with E-state index in [0.717, 1.165) is 13.1 Å². The minimum absolute atomic E-state index is 0.466. The summed E-state index contributed by atoms with van der Waals surface area (Å²) in [6.45, 7) is 2.07. The van der Waals surface area contributed by atoms with Gasteiger partial charge in [-0.2, -0.15) is 0 Å². The van der Waals surface area contributed by atoms with Crippen molar-refractivity contribution in [3.8, 4) is 0 Å². The third-order valence-corrected chi connectivity index (χ3v) is 2.57. The van der Waals surface area contributed by atoms with E-state index in [1.807, 2.05) is 0 Å². The van der Waals surface area contributed by atoms with Crippen molar-refractivity contribution in [1.82, 2.24) is 10.6 Å². The summed E-state index contributed by atoms with van der Waals surface area (Å²) in [5, 5.41) is 6.59. The molecule has 2 atom stereocenters. The van der Waals surface area contributed by atoms with Crippen LogP contribution in [0.15, 0.2) is 0 Å². The largest absolute Gasteiger partial charge is 0.302 e. The Balaban J connectivity index is 2.19. The van der Waals surface area contributed by atoms with Gasteiger partial charge in [0, 0.05) is 13.1 Å². The highest BCUT2D eigenvalue weighted by atomic mass is 127. The van der Waals surface area contributed by atoms with Crippen molar-refractivity contribution in [2.75, 3.05) is 13.1 Å². The summed E-state index contributed by atoms with van der Waals surface area (Å²) in [7, 11) is 0. The topological polar surface area (TPSA) is 24.1 Å². The second-order valence-corrected chi connectivity index (χ2v) is 4.36. The minimum atomic E-state index is 0.466. The van der Waals surface area contributed by atoms with E-state index in [-0.39, 0.29) is 0 Å². The molecule has 0 saturated carbocycles. The van der Waals surface area contributed by atoms with Gasteiger partial charge in [0.15, 0.2) is 0 Å². The molecule has 2 nitrogen and oxygen atoms in total. The molecule has 0 bridgehead atoms. The van der Waals surface area contributed by atoms with Crippen LogP contribution in [0.4, 0.5) is 0 Å². The van der Waals surface area contributed by atoms with E-state index in [0.29, 0.717) is 9.00 Å². The van der Waals surface area contributed by atoms with E-state index in [1.165, 1.54) is 0 Å². The van der Waals surface area contributed by atoms with Crippen molar-refractivity contribution in [3.05, 3.63) is 0 Å². The smallest absolute Gasteiger partial charge is 0.0758 e. The van der Waals surface area contributed by atoms with Gasteiger partial charge in [-0.3, -0.25) is 0 Å². The molecule has 0 aromatic heterocycles. The normalized spacial score (nSPS) is 39.8. The molecule has 4 heteroatoms. The number of hydrogen-bond acceptors (Lipinski definition) is 2. The fourth-order valence-corrected chi connectivity index (χ4v) is 1.49. The van der Waals surface area contributed by atoms with Gasteiger partial charge in [0.05, 0.1) is 9.00 Å². The van der Waals surface area contributed by atoms with Gasteiger partial charge in [0.1, 0.15) is 0 Å². The van der Waals surface area contributed by atoms with Crippen molar-refractivity contribution in [2.45, 2.75) is 9.00 Å². The van der Waals surface area contributed by atoms with Crippen LogP contribution in [-0.2, 0) is 0 Å². The second kappa shape index (κ2) is 3.34.